The van der Waals surface area contributed by atoms with E-state index < -0.39 is 0 Å². The number of ether oxygens (including phenoxy) is 1. The average Bonchev–Trinajstić information content (AvgIpc) is 2.14. The number of rotatable bonds is 4. The molecular formula is C10H14FNO2. The molecule has 0 saturated heterocycles. The Labute approximate surface area is 82.3 Å². The van der Waals surface area contributed by atoms with Crippen molar-refractivity contribution >= 4 is 0 Å². The van der Waals surface area contributed by atoms with E-state index in [9.17, 15) is 4.39 Å². The second kappa shape index (κ2) is 4.93. The Morgan fingerprint density at radius 2 is 2.29 bits per heavy atom. The molecule has 0 radical (unpaired) electrons. The lowest BCUT2D eigenvalue weighted by atomic mass is 10.1. The lowest BCUT2D eigenvalue weighted by Gasteiger charge is -2.13. The number of aliphatic hydroxyl groups is 1. The van der Waals surface area contributed by atoms with Crippen molar-refractivity contribution < 1.29 is 14.2 Å². The Morgan fingerprint density at radius 3 is 2.86 bits per heavy atom. The van der Waals surface area contributed by atoms with Gasteiger partial charge in [0.2, 0.25) is 0 Å². The maximum absolute atomic E-state index is 12.9. The van der Waals surface area contributed by atoms with Crippen LogP contribution in [0.2, 0.25) is 0 Å². The number of nitrogens with two attached hydrogens (primary N) is 1. The molecular weight excluding hydrogens is 185 g/mol. The third kappa shape index (κ3) is 2.68. The van der Waals surface area contributed by atoms with Gasteiger partial charge in [0.25, 0.3) is 0 Å². The van der Waals surface area contributed by atoms with Crippen LogP contribution in [0.15, 0.2) is 18.2 Å². The smallest absolute Gasteiger partial charge is 0.127 e. The molecule has 0 amide bonds. The molecule has 0 unspecified atom stereocenters. The van der Waals surface area contributed by atoms with E-state index in [0.717, 1.165) is 5.56 Å². The van der Waals surface area contributed by atoms with Gasteiger partial charge in [-0.05, 0) is 13.0 Å². The fourth-order valence-corrected chi connectivity index (χ4v) is 1.16. The van der Waals surface area contributed by atoms with Crippen molar-refractivity contribution in [1.82, 2.24) is 0 Å². The highest BCUT2D eigenvalue weighted by molar-refractivity contribution is 5.36. The molecule has 4 heteroatoms. The van der Waals surface area contributed by atoms with Crippen molar-refractivity contribution in [2.75, 3.05) is 13.2 Å². The first-order chi connectivity index (χ1) is 6.65. The average molecular weight is 199 g/mol. The lowest BCUT2D eigenvalue weighted by Crippen LogP contribution is -2.10. The van der Waals surface area contributed by atoms with E-state index in [0.29, 0.717) is 5.75 Å². The van der Waals surface area contributed by atoms with Crippen molar-refractivity contribution in [1.29, 1.82) is 0 Å². The minimum absolute atomic E-state index is 0.102. The van der Waals surface area contributed by atoms with Gasteiger partial charge in [0, 0.05) is 17.7 Å². The topological polar surface area (TPSA) is 55.5 Å². The Balaban J connectivity index is 2.91. The summed E-state index contributed by atoms with van der Waals surface area (Å²) in [5, 5.41) is 8.58. The van der Waals surface area contributed by atoms with Crippen LogP contribution in [0.4, 0.5) is 4.39 Å². The fraction of sp³-hybridized carbons (Fsp3) is 0.400. The van der Waals surface area contributed by atoms with Gasteiger partial charge in [0.15, 0.2) is 0 Å². The highest BCUT2D eigenvalue weighted by Gasteiger charge is 2.08. The molecule has 1 atom stereocenters. The van der Waals surface area contributed by atoms with E-state index in [1.807, 2.05) is 0 Å². The van der Waals surface area contributed by atoms with Crippen molar-refractivity contribution in [2.45, 2.75) is 13.0 Å². The zero-order valence-corrected chi connectivity index (χ0v) is 8.03. The van der Waals surface area contributed by atoms with Crippen LogP contribution in [0, 0.1) is 5.82 Å². The van der Waals surface area contributed by atoms with Crippen LogP contribution in [0.3, 0.4) is 0 Å². The molecule has 3 nitrogen and oxygen atoms in total. The number of benzene rings is 1. The summed E-state index contributed by atoms with van der Waals surface area (Å²) in [5.41, 5.74) is 6.41. The van der Waals surface area contributed by atoms with Crippen LogP contribution < -0.4 is 10.5 Å². The molecule has 1 rings (SSSR count). The zero-order valence-electron chi connectivity index (χ0n) is 8.03. The molecule has 0 bridgehead atoms. The molecule has 0 fully saturated rings. The molecule has 0 aliphatic heterocycles. The molecule has 0 aliphatic carbocycles. The summed E-state index contributed by atoms with van der Waals surface area (Å²) in [4.78, 5) is 0. The molecule has 0 heterocycles. The van der Waals surface area contributed by atoms with Crippen molar-refractivity contribution in [2.24, 2.45) is 5.73 Å². The van der Waals surface area contributed by atoms with E-state index in [2.05, 4.69) is 0 Å². The van der Waals surface area contributed by atoms with Gasteiger partial charge in [-0.3, -0.25) is 0 Å². The predicted octanol–water partition coefficient (Wildman–Crippen LogP) is 1.22. The summed E-state index contributed by atoms with van der Waals surface area (Å²) >= 11 is 0. The van der Waals surface area contributed by atoms with Crippen LogP contribution in [0.25, 0.3) is 0 Å². The number of aliphatic hydroxyl groups excluding tert-OH is 1. The van der Waals surface area contributed by atoms with Crippen LogP contribution in [-0.2, 0) is 0 Å². The minimum atomic E-state index is -0.373. The second-order valence-corrected chi connectivity index (χ2v) is 3.04. The van der Waals surface area contributed by atoms with Crippen molar-refractivity contribution in [3.05, 3.63) is 29.6 Å². The largest absolute Gasteiger partial charge is 0.491 e. The molecule has 1 aromatic carbocycles. The summed E-state index contributed by atoms with van der Waals surface area (Å²) < 4.78 is 18.0. The van der Waals surface area contributed by atoms with Crippen LogP contribution in [0.1, 0.15) is 18.5 Å². The molecule has 3 N–H and O–H groups in total. The first-order valence-corrected chi connectivity index (χ1v) is 4.44. The van der Waals surface area contributed by atoms with Gasteiger partial charge in [-0.25, -0.2) is 4.39 Å². The molecule has 0 aliphatic rings. The number of halogens is 1. The van der Waals surface area contributed by atoms with Gasteiger partial charge in [0.1, 0.15) is 18.2 Å². The molecule has 78 valence electrons. The fourth-order valence-electron chi connectivity index (χ4n) is 1.16. The van der Waals surface area contributed by atoms with Crippen molar-refractivity contribution in [3.8, 4) is 5.75 Å². The molecule has 14 heavy (non-hydrogen) atoms. The van der Waals surface area contributed by atoms with Gasteiger partial charge in [-0.2, -0.15) is 0 Å². The van der Waals surface area contributed by atoms with Crippen LogP contribution in [0.5, 0.6) is 5.75 Å². The Hall–Kier alpha value is -1.13. The predicted molar refractivity (Wildman–Crippen MR) is 51.6 cm³/mol. The number of hydrogen-bond donors (Lipinski definition) is 2. The molecule has 0 spiro atoms. The van der Waals surface area contributed by atoms with Gasteiger partial charge in [0.05, 0.1) is 6.61 Å². The third-order valence-corrected chi connectivity index (χ3v) is 1.82. The molecule has 1 aromatic rings. The first kappa shape index (κ1) is 10.9. The van der Waals surface area contributed by atoms with Crippen LogP contribution >= 0.6 is 0 Å². The van der Waals surface area contributed by atoms with E-state index in [1.54, 1.807) is 13.0 Å². The van der Waals surface area contributed by atoms with Gasteiger partial charge < -0.3 is 15.6 Å². The Kier molecular flexibility index (Phi) is 3.85. The molecule has 0 saturated carbocycles. The lowest BCUT2D eigenvalue weighted by molar-refractivity contribution is 0.199. The standard InChI is InChI=1S/C10H14FNO2/c1-7(12)9-3-2-8(11)6-10(9)14-5-4-13/h2-3,6-7,13H,4-5,12H2,1H3/t7-/m0/s1. The van der Waals surface area contributed by atoms with E-state index >= 15 is 0 Å². The van der Waals surface area contributed by atoms with Crippen molar-refractivity contribution in [3.63, 3.8) is 0 Å². The van der Waals surface area contributed by atoms with E-state index in [-0.39, 0.29) is 25.1 Å². The minimum Gasteiger partial charge on any atom is -0.491 e. The SMILES string of the molecule is C[C@H](N)c1ccc(F)cc1OCCO. The summed E-state index contributed by atoms with van der Waals surface area (Å²) in [7, 11) is 0. The Bertz CT molecular complexity index is 302. The number of hydrogen-bond acceptors (Lipinski definition) is 3. The summed E-state index contributed by atoms with van der Waals surface area (Å²) in [6.07, 6.45) is 0. The first-order valence-electron chi connectivity index (χ1n) is 4.44. The van der Waals surface area contributed by atoms with Gasteiger partial charge in [-0.15, -0.1) is 0 Å². The van der Waals surface area contributed by atoms with Gasteiger partial charge >= 0.3 is 0 Å². The normalized spacial score (nSPS) is 12.6. The highest BCUT2D eigenvalue weighted by atomic mass is 19.1. The maximum Gasteiger partial charge on any atom is 0.127 e. The summed E-state index contributed by atoms with van der Waals surface area (Å²) in [6.45, 7) is 1.83. The van der Waals surface area contributed by atoms with Crippen LogP contribution in [-0.4, -0.2) is 18.3 Å². The quantitative estimate of drug-likeness (QED) is 0.766. The third-order valence-electron chi connectivity index (χ3n) is 1.82. The second-order valence-electron chi connectivity index (χ2n) is 3.04. The zero-order chi connectivity index (χ0) is 10.6. The monoisotopic (exact) mass is 199 g/mol. The highest BCUT2D eigenvalue weighted by Crippen LogP contribution is 2.24. The summed E-state index contributed by atoms with van der Waals surface area (Å²) in [5.74, 6) is 0.0244. The van der Waals surface area contributed by atoms with Gasteiger partial charge in [-0.1, -0.05) is 6.07 Å². The molecule has 0 aromatic heterocycles. The summed E-state index contributed by atoms with van der Waals surface area (Å²) in [6, 6.07) is 3.98. The maximum atomic E-state index is 12.9. The van der Waals surface area contributed by atoms with E-state index in [1.165, 1.54) is 12.1 Å². The van der Waals surface area contributed by atoms with E-state index in [4.69, 9.17) is 15.6 Å². The Morgan fingerprint density at radius 1 is 1.57 bits per heavy atom.